The normalized spacial score (nSPS) is 19.3. The van der Waals surface area contributed by atoms with Gasteiger partial charge in [-0.25, -0.2) is 13.2 Å². The lowest BCUT2D eigenvalue weighted by Gasteiger charge is -2.31. The Morgan fingerprint density at radius 1 is 1.06 bits per heavy atom. The van der Waals surface area contributed by atoms with Crippen LogP contribution in [-0.2, 0) is 24.3 Å². The molecule has 10 nitrogen and oxygen atoms in total. The van der Waals surface area contributed by atoms with Crippen molar-refractivity contribution in [2.75, 3.05) is 50.2 Å². The van der Waals surface area contributed by atoms with Crippen LogP contribution in [0.25, 0.3) is 0 Å². The third-order valence-electron chi connectivity index (χ3n) is 5.95. The summed E-state index contributed by atoms with van der Waals surface area (Å²) in [5.41, 5.74) is 1.16. The van der Waals surface area contributed by atoms with Gasteiger partial charge in [0.2, 0.25) is 15.9 Å². The van der Waals surface area contributed by atoms with Gasteiger partial charge in [-0.05, 0) is 44.3 Å². The van der Waals surface area contributed by atoms with Gasteiger partial charge in [-0.2, -0.15) is 9.41 Å². The van der Waals surface area contributed by atoms with Gasteiger partial charge in [0.15, 0.2) is 0 Å². The number of anilines is 2. The Bertz CT molecular complexity index is 1210. The quantitative estimate of drug-likeness (QED) is 0.578. The van der Waals surface area contributed by atoms with Crippen molar-refractivity contribution < 1.29 is 22.7 Å². The van der Waals surface area contributed by atoms with Gasteiger partial charge >= 0.3 is 5.97 Å². The Labute approximate surface area is 205 Å². The van der Waals surface area contributed by atoms with E-state index in [0.29, 0.717) is 37.6 Å². The summed E-state index contributed by atoms with van der Waals surface area (Å²) < 4.78 is 32.8. The highest BCUT2D eigenvalue weighted by atomic mass is 32.2. The number of sulfonamides is 1. The molecule has 2 aromatic carbocycles. The average Bonchev–Trinajstić information content (AvgIpc) is 3.31. The molecule has 35 heavy (non-hydrogen) atoms. The van der Waals surface area contributed by atoms with Gasteiger partial charge in [-0.15, -0.1) is 0 Å². The van der Waals surface area contributed by atoms with Crippen molar-refractivity contribution in [3.63, 3.8) is 0 Å². The molecule has 1 atom stereocenters. The van der Waals surface area contributed by atoms with E-state index in [4.69, 9.17) is 4.74 Å². The number of para-hydroxylation sites is 1. The molecule has 2 heterocycles. The fourth-order valence-electron chi connectivity index (χ4n) is 4.01. The maximum absolute atomic E-state index is 13.3. The van der Waals surface area contributed by atoms with Gasteiger partial charge in [-0.3, -0.25) is 9.80 Å². The number of hydrogen-bond acceptors (Lipinski definition) is 8. The molecular formula is C24H29N5O5S. The number of amides is 1. The summed E-state index contributed by atoms with van der Waals surface area (Å²) in [5.74, 6) is -0.977. The number of esters is 1. The number of nitrogens with zero attached hydrogens (tertiary/aromatic N) is 4. The number of ether oxygens (including phenoxy) is 1. The van der Waals surface area contributed by atoms with Crippen molar-refractivity contribution in [2.45, 2.75) is 24.3 Å². The number of carbonyl (C=O) groups is 2. The molecular weight excluding hydrogens is 470 g/mol. The third kappa shape index (κ3) is 5.53. The van der Waals surface area contributed by atoms with E-state index < -0.39 is 27.9 Å². The largest absolute Gasteiger partial charge is 0.461 e. The lowest BCUT2D eigenvalue weighted by Crippen LogP contribution is -2.47. The number of hydrazone groups is 1. The monoisotopic (exact) mass is 499 g/mol. The minimum Gasteiger partial charge on any atom is -0.461 e. The van der Waals surface area contributed by atoms with Crippen LogP contribution in [0.15, 0.2) is 64.6 Å². The molecule has 0 bridgehead atoms. The van der Waals surface area contributed by atoms with Crippen LogP contribution in [0, 0.1) is 0 Å². The fraction of sp³-hybridized carbons (Fsp3) is 0.375. The van der Waals surface area contributed by atoms with Crippen molar-refractivity contribution in [2.24, 2.45) is 5.10 Å². The molecule has 2 aliphatic heterocycles. The van der Waals surface area contributed by atoms with Crippen LogP contribution in [0.2, 0.25) is 0 Å². The topological polar surface area (TPSA) is 112 Å². The molecule has 2 aliphatic rings. The van der Waals surface area contributed by atoms with Crippen LogP contribution < -0.4 is 10.3 Å². The van der Waals surface area contributed by atoms with Crippen LogP contribution in [0.4, 0.5) is 11.4 Å². The molecule has 1 N–H and O–H groups in total. The molecule has 11 heteroatoms. The van der Waals surface area contributed by atoms with Gasteiger partial charge in [-0.1, -0.05) is 24.3 Å². The van der Waals surface area contributed by atoms with E-state index in [-0.39, 0.29) is 23.6 Å². The minimum absolute atomic E-state index is 0.0683. The Morgan fingerprint density at radius 3 is 2.46 bits per heavy atom. The Kier molecular flexibility index (Phi) is 7.48. The van der Waals surface area contributed by atoms with E-state index in [1.807, 2.05) is 25.2 Å². The average molecular weight is 500 g/mol. The van der Waals surface area contributed by atoms with E-state index >= 15 is 0 Å². The Morgan fingerprint density at radius 2 is 1.77 bits per heavy atom. The predicted molar refractivity (Wildman–Crippen MR) is 133 cm³/mol. The fourth-order valence-corrected chi connectivity index (χ4v) is 5.48. The Balaban J connectivity index is 1.53. The van der Waals surface area contributed by atoms with Crippen molar-refractivity contribution in [3.8, 4) is 0 Å². The van der Waals surface area contributed by atoms with Gasteiger partial charge < -0.3 is 15.0 Å². The lowest BCUT2D eigenvalue weighted by molar-refractivity contribution is -0.135. The van der Waals surface area contributed by atoms with Crippen LogP contribution in [0.5, 0.6) is 0 Å². The number of nitrogens with one attached hydrogen (secondary N) is 1. The molecule has 0 radical (unpaired) electrons. The molecule has 186 valence electrons. The number of carbonyl (C=O) groups excluding carboxylic acids is 2. The van der Waals surface area contributed by atoms with Gasteiger partial charge in [0.05, 0.1) is 17.2 Å². The zero-order chi connectivity index (χ0) is 25.0. The lowest BCUT2D eigenvalue weighted by atomic mass is 10.1. The molecule has 1 fully saturated rings. The standard InChI is InChI=1S/C24H29N5O5S/c1-3-34-24(31)21-17-22(29(26-21)19-9-5-4-6-10-19)23(30)25-18-8-7-11-20(16-18)35(32,33)28-14-12-27(2)13-15-28/h4-11,16,22H,3,12-15,17H2,1-2H3,(H,25,30). The second-order valence-corrected chi connectivity index (χ2v) is 10.3. The van der Waals surface area contributed by atoms with Crippen molar-refractivity contribution in [1.82, 2.24) is 9.21 Å². The van der Waals surface area contributed by atoms with E-state index in [1.165, 1.54) is 21.4 Å². The van der Waals surface area contributed by atoms with E-state index in [1.54, 1.807) is 31.2 Å². The highest BCUT2D eigenvalue weighted by Gasteiger charge is 2.37. The van der Waals surface area contributed by atoms with Gasteiger partial charge in [0.25, 0.3) is 0 Å². The second-order valence-electron chi connectivity index (χ2n) is 8.39. The molecule has 0 aromatic heterocycles. The van der Waals surface area contributed by atoms with Crippen LogP contribution in [-0.4, -0.2) is 81.1 Å². The predicted octanol–water partition coefficient (Wildman–Crippen LogP) is 1.76. The summed E-state index contributed by atoms with van der Waals surface area (Å²) >= 11 is 0. The zero-order valence-electron chi connectivity index (χ0n) is 19.8. The van der Waals surface area contributed by atoms with Crippen LogP contribution >= 0.6 is 0 Å². The van der Waals surface area contributed by atoms with E-state index in [0.717, 1.165) is 0 Å². The van der Waals surface area contributed by atoms with E-state index in [9.17, 15) is 18.0 Å². The summed E-state index contributed by atoms with van der Waals surface area (Å²) in [6.07, 6.45) is 0.0683. The summed E-state index contributed by atoms with van der Waals surface area (Å²) in [6.45, 7) is 4.06. The van der Waals surface area contributed by atoms with Crippen LogP contribution in [0.1, 0.15) is 13.3 Å². The summed E-state index contributed by atoms with van der Waals surface area (Å²) in [5, 5.41) is 8.65. The molecule has 1 amide bonds. The van der Waals surface area contributed by atoms with Crippen molar-refractivity contribution in [3.05, 3.63) is 54.6 Å². The third-order valence-corrected chi connectivity index (χ3v) is 7.84. The molecule has 0 saturated carbocycles. The smallest absolute Gasteiger partial charge is 0.354 e. The minimum atomic E-state index is -3.68. The summed E-state index contributed by atoms with van der Waals surface area (Å²) in [4.78, 5) is 27.8. The second kappa shape index (κ2) is 10.5. The SMILES string of the molecule is CCOC(=O)C1=NN(c2ccccc2)C(C(=O)Nc2cccc(S(=O)(=O)N3CCN(C)CC3)c2)C1. The van der Waals surface area contributed by atoms with Crippen molar-refractivity contribution in [1.29, 1.82) is 0 Å². The van der Waals surface area contributed by atoms with Gasteiger partial charge in [0.1, 0.15) is 11.8 Å². The molecule has 1 unspecified atom stereocenters. The summed E-state index contributed by atoms with van der Waals surface area (Å²) in [6, 6.07) is 14.5. The van der Waals surface area contributed by atoms with Crippen molar-refractivity contribution >= 4 is 39.0 Å². The maximum atomic E-state index is 13.3. The first kappa shape index (κ1) is 24.8. The highest BCUT2D eigenvalue weighted by molar-refractivity contribution is 7.89. The Hall–Kier alpha value is -3.28. The first-order valence-electron chi connectivity index (χ1n) is 11.5. The highest BCUT2D eigenvalue weighted by Crippen LogP contribution is 2.27. The van der Waals surface area contributed by atoms with Crippen LogP contribution in [0.3, 0.4) is 0 Å². The number of benzene rings is 2. The molecule has 4 rings (SSSR count). The number of hydrogen-bond donors (Lipinski definition) is 1. The molecule has 0 spiro atoms. The number of likely N-dealkylation sites (N-methyl/N-ethyl adjacent to an activating group) is 1. The number of rotatable bonds is 7. The molecule has 2 aromatic rings. The number of piperazine rings is 1. The zero-order valence-corrected chi connectivity index (χ0v) is 20.6. The van der Waals surface area contributed by atoms with E-state index in [2.05, 4.69) is 15.3 Å². The summed E-state index contributed by atoms with van der Waals surface area (Å²) in [7, 11) is -1.72. The first-order valence-corrected chi connectivity index (χ1v) is 12.9. The maximum Gasteiger partial charge on any atom is 0.354 e. The molecule has 0 aliphatic carbocycles. The van der Waals surface area contributed by atoms with Gasteiger partial charge in [0, 0.05) is 38.3 Å². The molecule has 1 saturated heterocycles. The first-order chi connectivity index (χ1) is 16.8.